The van der Waals surface area contributed by atoms with Gasteiger partial charge in [-0.1, -0.05) is 18.2 Å². The molecular weight excluding hydrogens is 240 g/mol. The highest BCUT2D eigenvalue weighted by atomic mass is 15.5. The molecule has 0 fully saturated rings. The van der Waals surface area contributed by atoms with Gasteiger partial charge in [0.05, 0.1) is 0 Å². The van der Waals surface area contributed by atoms with E-state index in [-0.39, 0.29) is 0 Å². The molecule has 0 aliphatic heterocycles. The summed E-state index contributed by atoms with van der Waals surface area (Å²) in [6, 6.07) is 9.92. The number of benzene rings is 1. The van der Waals surface area contributed by atoms with E-state index in [2.05, 4.69) is 15.4 Å². The molecule has 19 heavy (non-hydrogen) atoms. The van der Waals surface area contributed by atoms with Crippen molar-refractivity contribution in [3.63, 3.8) is 0 Å². The number of rotatable bonds is 4. The van der Waals surface area contributed by atoms with Gasteiger partial charge in [-0.2, -0.15) is 0 Å². The Hall–Kier alpha value is -2.34. The Labute approximate surface area is 112 Å². The monoisotopic (exact) mass is 258 g/mol. The van der Waals surface area contributed by atoms with Crippen LogP contribution in [0.5, 0.6) is 0 Å². The smallest absolute Gasteiger partial charge is 0.169 e. The summed E-state index contributed by atoms with van der Waals surface area (Å²) in [7, 11) is 5.68. The molecule has 0 unspecified atom stereocenters. The molecule has 0 saturated heterocycles. The Morgan fingerprint density at radius 1 is 1.05 bits per heavy atom. The van der Waals surface area contributed by atoms with Gasteiger partial charge in [-0.15, -0.1) is 0 Å². The number of para-hydroxylation sites is 1. The van der Waals surface area contributed by atoms with Crippen molar-refractivity contribution in [1.29, 1.82) is 0 Å². The van der Waals surface area contributed by atoms with E-state index >= 15 is 0 Å². The van der Waals surface area contributed by atoms with Crippen LogP contribution in [0.4, 0.5) is 23.0 Å². The standard InChI is InChI=1S/C13H18N6/c1-18(2)17-12-11(14)13(16-9-15-12)19(3)10-7-5-4-6-8-10/h4-9H,14H2,1-3H3,(H,15,16,17). The van der Waals surface area contributed by atoms with Crippen molar-refractivity contribution in [2.45, 2.75) is 0 Å². The Morgan fingerprint density at radius 2 is 1.74 bits per heavy atom. The van der Waals surface area contributed by atoms with E-state index in [4.69, 9.17) is 5.73 Å². The number of nitrogens with two attached hydrogens (primary N) is 1. The fraction of sp³-hybridized carbons (Fsp3) is 0.231. The molecule has 0 aliphatic rings. The number of anilines is 4. The third-order valence-corrected chi connectivity index (χ3v) is 2.65. The summed E-state index contributed by atoms with van der Waals surface area (Å²) >= 11 is 0. The van der Waals surface area contributed by atoms with E-state index in [1.807, 2.05) is 56.4 Å². The maximum Gasteiger partial charge on any atom is 0.169 e. The second-order valence-corrected chi connectivity index (χ2v) is 4.36. The summed E-state index contributed by atoms with van der Waals surface area (Å²) in [4.78, 5) is 10.3. The molecule has 3 N–H and O–H groups in total. The lowest BCUT2D eigenvalue weighted by Crippen LogP contribution is -2.23. The normalized spacial score (nSPS) is 10.5. The average Bonchev–Trinajstić information content (AvgIpc) is 2.41. The highest BCUT2D eigenvalue weighted by Crippen LogP contribution is 2.30. The van der Waals surface area contributed by atoms with Crippen LogP contribution in [0.15, 0.2) is 36.7 Å². The van der Waals surface area contributed by atoms with E-state index < -0.39 is 0 Å². The molecule has 0 aliphatic carbocycles. The first-order valence-electron chi connectivity index (χ1n) is 5.93. The van der Waals surface area contributed by atoms with Crippen molar-refractivity contribution in [3.05, 3.63) is 36.7 Å². The molecule has 100 valence electrons. The number of nitrogens with zero attached hydrogens (tertiary/aromatic N) is 4. The highest BCUT2D eigenvalue weighted by Gasteiger charge is 2.13. The lowest BCUT2D eigenvalue weighted by Gasteiger charge is -2.22. The lowest BCUT2D eigenvalue weighted by molar-refractivity contribution is 0.492. The van der Waals surface area contributed by atoms with Crippen LogP contribution in [-0.4, -0.2) is 36.1 Å². The molecule has 0 bridgehead atoms. The predicted molar refractivity (Wildman–Crippen MR) is 78.3 cm³/mol. The molecule has 1 aromatic heterocycles. The Morgan fingerprint density at radius 3 is 2.37 bits per heavy atom. The summed E-state index contributed by atoms with van der Waals surface area (Å²) in [6.45, 7) is 0. The number of aromatic nitrogens is 2. The first-order valence-corrected chi connectivity index (χ1v) is 5.93. The first-order chi connectivity index (χ1) is 9.09. The van der Waals surface area contributed by atoms with Gasteiger partial charge < -0.3 is 16.1 Å². The minimum Gasteiger partial charge on any atom is -0.393 e. The van der Waals surface area contributed by atoms with E-state index in [9.17, 15) is 0 Å². The zero-order chi connectivity index (χ0) is 13.8. The highest BCUT2D eigenvalue weighted by molar-refractivity contribution is 5.78. The zero-order valence-corrected chi connectivity index (χ0v) is 11.3. The van der Waals surface area contributed by atoms with Gasteiger partial charge in [0.25, 0.3) is 0 Å². The van der Waals surface area contributed by atoms with E-state index in [0.29, 0.717) is 17.3 Å². The Bertz CT molecular complexity index is 540. The number of hydrogen-bond acceptors (Lipinski definition) is 6. The van der Waals surface area contributed by atoms with Crippen LogP contribution in [0.3, 0.4) is 0 Å². The molecule has 6 nitrogen and oxygen atoms in total. The van der Waals surface area contributed by atoms with Gasteiger partial charge in [0.1, 0.15) is 12.0 Å². The summed E-state index contributed by atoms with van der Waals surface area (Å²) < 4.78 is 0. The molecule has 1 heterocycles. The van der Waals surface area contributed by atoms with Gasteiger partial charge >= 0.3 is 0 Å². The fourth-order valence-corrected chi connectivity index (χ4v) is 1.73. The average molecular weight is 258 g/mol. The maximum absolute atomic E-state index is 6.11. The predicted octanol–water partition coefficient (Wildman–Crippen LogP) is 1.72. The minimum absolute atomic E-state index is 0.516. The second kappa shape index (κ2) is 5.53. The van der Waals surface area contributed by atoms with E-state index in [1.54, 1.807) is 5.01 Å². The van der Waals surface area contributed by atoms with Crippen molar-refractivity contribution < 1.29 is 0 Å². The SMILES string of the molecule is CN(C)Nc1ncnc(N(C)c2ccccc2)c1N. The quantitative estimate of drug-likeness (QED) is 0.814. The summed E-state index contributed by atoms with van der Waals surface area (Å²) in [5.41, 5.74) is 10.7. The molecule has 0 radical (unpaired) electrons. The van der Waals surface area contributed by atoms with Crippen LogP contribution >= 0.6 is 0 Å². The zero-order valence-electron chi connectivity index (χ0n) is 11.3. The van der Waals surface area contributed by atoms with Crippen molar-refractivity contribution in [1.82, 2.24) is 15.0 Å². The summed E-state index contributed by atoms with van der Waals surface area (Å²) in [6.07, 6.45) is 1.50. The second-order valence-electron chi connectivity index (χ2n) is 4.36. The molecule has 0 amide bonds. The summed E-state index contributed by atoms with van der Waals surface area (Å²) in [5, 5.41) is 1.78. The molecule has 0 spiro atoms. The van der Waals surface area contributed by atoms with Crippen LogP contribution in [0, 0.1) is 0 Å². The van der Waals surface area contributed by atoms with Crippen molar-refractivity contribution in [2.75, 3.05) is 37.2 Å². The van der Waals surface area contributed by atoms with Gasteiger partial charge in [0.15, 0.2) is 11.6 Å². The van der Waals surface area contributed by atoms with Crippen LogP contribution in [-0.2, 0) is 0 Å². The molecule has 1 aromatic carbocycles. The van der Waals surface area contributed by atoms with E-state index in [0.717, 1.165) is 5.69 Å². The minimum atomic E-state index is 0.516. The van der Waals surface area contributed by atoms with Gasteiger partial charge in [-0.05, 0) is 12.1 Å². The number of hydrazine groups is 1. The van der Waals surface area contributed by atoms with Crippen molar-refractivity contribution >= 4 is 23.0 Å². The first kappa shape index (κ1) is 13.1. The van der Waals surface area contributed by atoms with Crippen LogP contribution in [0.1, 0.15) is 0 Å². The maximum atomic E-state index is 6.11. The molecular formula is C13H18N6. The Balaban J connectivity index is 2.35. The lowest BCUT2D eigenvalue weighted by atomic mass is 10.3. The molecule has 0 saturated carbocycles. The van der Waals surface area contributed by atoms with Crippen LogP contribution < -0.4 is 16.1 Å². The fourth-order valence-electron chi connectivity index (χ4n) is 1.73. The van der Waals surface area contributed by atoms with Gasteiger partial charge in [0, 0.05) is 26.8 Å². The largest absolute Gasteiger partial charge is 0.393 e. The van der Waals surface area contributed by atoms with E-state index in [1.165, 1.54) is 6.33 Å². The Kier molecular flexibility index (Phi) is 3.82. The summed E-state index contributed by atoms with van der Waals surface area (Å²) in [5.74, 6) is 1.27. The molecule has 6 heteroatoms. The number of nitrogen functional groups attached to an aromatic ring is 1. The van der Waals surface area contributed by atoms with Gasteiger partial charge in [-0.3, -0.25) is 0 Å². The van der Waals surface area contributed by atoms with Crippen molar-refractivity contribution in [3.8, 4) is 0 Å². The topological polar surface area (TPSA) is 70.3 Å². The molecule has 2 aromatic rings. The van der Waals surface area contributed by atoms with Gasteiger partial charge in [-0.25, -0.2) is 15.0 Å². The molecule has 0 atom stereocenters. The number of hydrogen-bond donors (Lipinski definition) is 2. The molecule has 2 rings (SSSR count). The van der Waals surface area contributed by atoms with Crippen LogP contribution in [0.25, 0.3) is 0 Å². The number of nitrogens with one attached hydrogen (secondary N) is 1. The third kappa shape index (κ3) is 2.92. The van der Waals surface area contributed by atoms with Crippen molar-refractivity contribution in [2.24, 2.45) is 0 Å². The van der Waals surface area contributed by atoms with Crippen LogP contribution in [0.2, 0.25) is 0 Å². The third-order valence-electron chi connectivity index (χ3n) is 2.65. The van der Waals surface area contributed by atoms with Gasteiger partial charge in [0.2, 0.25) is 0 Å².